The Hall–Kier alpha value is -1.11. The molecule has 0 atom stereocenters. The third kappa shape index (κ3) is 6.56. The summed E-state index contributed by atoms with van der Waals surface area (Å²) in [7, 11) is -3.93. The van der Waals surface area contributed by atoms with Crippen molar-refractivity contribution in [3.63, 3.8) is 0 Å². The molecule has 0 aromatic heterocycles. The van der Waals surface area contributed by atoms with Gasteiger partial charge >= 0.3 is 13.8 Å². The van der Waals surface area contributed by atoms with Gasteiger partial charge in [-0.1, -0.05) is 0 Å². The van der Waals surface area contributed by atoms with Crippen molar-refractivity contribution in [2.24, 2.45) is 0 Å². The Morgan fingerprint density at radius 3 is 1.89 bits per heavy atom. The molecule has 3 amide bonds. The topological polar surface area (TPSA) is 108 Å². The van der Waals surface area contributed by atoms with Gasteiger partial charge in [-0.05, 0) is 34.6 Å². The molecule has 0 spiro atoms. The van der Waals surface area contributed by atoms with Crippen LogP contribution in [0.4, 0.5) is 9.59 Å². The molecule has 0 heterocycles. The van der Waals surface area contributed by atoms with Crippen molar-refractivity contribution in [3.8, 4) is 0 Å². The Morgan fingerprint density at radius 1 is 1.21 bits per heavy atom. The quantitative estimate of drug-likeness (QED) is 0.740. The molecule has 0 bridgehead atoms. The lowest BCUT2D eigenvalue weighted by molar-refractivity contribution is -0.261. The molecular weight excluding hydrogens is 275 g/mol. The number of nitrogens with zero attached hydrogens (tertiary/aromatic N) is 1. The van der Waals surface area contributed by atoms with E-state index in [2.05, 4.69) is 0 Å². The summed E-state index contributed by atoms with van der Waals surface area (Å²) in [6, 6.07) is -1.10. The van der Waals surface area contributed by atoms with Crippen LogP contribution in [0.1, 0.15) is 34.6 Å². The molecule has 0 unspecified atom stereocenters. The van der Waals surface area contributed by atoms with Crippen LogP contribution in [0.2, 0.25) is 0 Å². The van der Waals surface area contributed by atoms with Gasteiger partial charge in [0.05, 0.1) is 12.2 Å². The van der Waals surface area contributed by atoms with Gasteiger partial charge in [0, 0.05) is 6.54 Å². The molecule has 112 valence electrons. The maximum absolute atomic E-state index is 12.3. The molecule has 0 rings (SSSR count). The first-order valence-electron chi connectivity index (χ1n) is 5.89. The number of imide groups is 1. The highest BCUT2D eigenvalue weighted by molar-refractivity contribution is 7.52. The molecule has 0 aliphatic carbocycles. The zero-order chi connectivity index (χ0) is 15.2. The summed E-state index contributed by atoms with van der Waals surface area (Å²) in [5, 5.41) is 12.7. The molecule has 0 aromatic rings. The maximum Gasteiger partial charge on any atom is 0.436 e. The standard InChI is InChI=1S/C10H21N2O6P/c1-6-12(10(14)15)9(13)11-19(16,17-7(2)3)18-8(4)5/h7-8H,6H2,1-5H3,(H,14,15)(H,11,13,16)/p-1. The van der Waals surface area contributed by atoms with Crippen LogP contribution in [0.15, 0.2) is 0 Å². The van der Waals surface area contributed by atoms with E-state index in [4.69, 9.17) is 9.05 Å². The zero-order valence-electron chi connectivity index (χ0n) is 11.7. The van der Waals surface area contributed by atoms with Crippen molar-refractivity contribution >= 4 is 19.9 Å². The number of nitrogens with one attached hydrogen (secondary N) is 1. The number of hydrogen-bond acceptors (Lipinski definition) is 6. The summed E-state index contributed by atoms with van der Waals surface area (Å²) in [4.78, 5) is 22.7. The number of carbonyl (C=O) groups is 2. The Bertz CT molecular complexity index is 357. The van der Waals surface area contributed by atoms with Crippen molar-refractivity contribution in [1.82, 2.24) is 9.99 Å². The van der Waals surface area contributed by atoms with Crippen LogP contribution in [-0.4, -0.2) is 35.8 Å². The lowest BCUT2D eigenvalue weighted by Gasteiger charge is -2.27. The second-order valence-electron chi connectivity index (χ2n) is 4.23. The van der Waals surface area contributed by atoms with Gasteiger partial charge in [-0.2, -0.15) is 0 Å². The third-order valence-corrected chi connectivity index (χ3v) is 3.58. The fraction of sp³-hybridized carbons (Fsp3) is 0.800. The van der Waals surface area contributed by atoms with E-state index in [9.17, 15) is 19.3 Å². The number of carboxylic acid groups (broad SMARTS) is 1. The molecule has 0 saturated heterocycles. The van der Waals surface area contributed by atoms with Crippen LogP contribution in [-0.2, 0) is 13.6 Å². The summed E-state index contributed by atoms with van der Waals surface area (Å²) in [5.41, 5.74) is 0. The minimum atomic E-state index is -3.93. The monoisotopic (exact) mass is 295 g/mol. The number of carbonyl (C=O) groups excluding carboxylic acids is 2. The Balaban J connectivity index is 4.96. The van der Waals surface area contributed by atoms with Crippen molar-refractivity contribution in [3.05, 3.63) is 0 Å². The molecule has 0 aliphatic heterocycles. The fourth-order valence-electron chi connectivity index (χ4n) is 1.17. The summed E-state index contributed by atoms with van der Waals surface area (Å²) < 4.78 is 22.4. The van der Waals surface area contributed by atoms with Gasteiger partial charge in [-0.25, -0.2) is 14.4 Å². The van der Waals surface area contributed by atoms with Gasteiger partial charge in [-0.3, -0.25) is 13.9 Å². The highest BCUT2D eigenvalue weighted by Gasteiger charge is 2.32. The van der Waals surface area contributed by atoms with Gasteiger partial charge < -0.3 is 9.90 Å². The normalized spacial score (nSPS) is 11.7. The molecule has 9 heteroatoms. The van der Waals surface area contributed by atoms with Crippen LogP contribution < -0.4 is 10.2 Å². The van der Waals surface area contributed by atoms with E-state index in [1.165, 1.54) is 6.92 Å². The highest BCUT2D eigenvalue weighted by Crippen LogP contribution is 2.46. The first-order chi connectivity index (χ1) is 8.61. The van der Waals surface area contributed by atoms with Crippen LogP contribution in [0.25, 0.3) is 0 Å². The molecule has 1 N–H and O–H groups in total. The van der Waals surface area contributed by atoms with E-state index in [0.717, 1.165) is 0 Å². The van der Waals surface area contributed by atoms with E-state index >= 15 is 0 Å². The van der Waals surface area contributed by atoms with Crippen molar-refractivity contribution in [1.29, 1.82) is 0 Å². The number of amides is 3. The van der Waals surface area contributed by atoms with Crippen LogP contribution in [0.3, 0.4) is 0 Å². The van der Waals surface area contributed by atoms with Crippen LogP contribution in [0, 0.1) is 0 Å². The molecular formula is C10H20N2O6P-. The first kappa shape index (κ1) is 17.9. The van der Waals surface area contributed by atoms with Gasteiger partial charge in [-0.15, -0.1) is 0 Å². The zero-order valence-corrected chi connectivity index (χ0v) is 12.6. The Labute approximate surface area is 112 Å². The van der Waals surface area contributed by atoms with Crippen molar-refractivity contribution in [2.75, 3.05) is 6.54 Å². The second kappa shape index (κ2) is 7.47. The second-order valence-corrected chi connectivity index (χ2v) is 5.87. The van der Waals surface area contributed by atoms with Crippen LogP contribution >= 0.6 is 7.75 Å². The summed E-state index contributed by atoms with van der Waals surface area (Å²) in [6.07, 6.45) is -2.63. The lowest BCUT2D eigenvalue weighted by atomic mass is 10.5. The van der Waals surface area contributed by atoms with Crippen LogP contribution in [0.5, 0.6) is 0 Å². The van der Waals surface area contributed by atoms with Gasteiger partial charge in [0.1, 0.15) is 6.09 Å². The number of rotatable bonds is 6. The average molecular weight is 295 g/mol. The van der Waals surface area contributed by atoms with E-state index in [1.807, 2.05) is 5.09 Å². The fourth-order valence-corrected chi connectivity index (χ4v) is 2.79. The predicted molar refractivity (Wildman–Crippen MR) is 66.4 cm³/mol. The molecule has 0 saturated carbocycles. The average Bonchev–Trinajstić information content (AvgIpc) is 2.13. The number of urea groups is 1. The smallest absolute Gasteiger partial charge is 0.436 e. The minimum Gasteiger partial charge on any atom is -0.529 e. The Morgan fingerprint density at radius 2 is 1.63 bits per heavy atom. The Kier molecular flexibility index (Phi) is 7.04. The molecule has 19 heavy (non-hydrogen) atoms. The van der Waals surface area contributed by atoms with E-state index in [-0.39, 0.29) is 6.54 Å². The highest BCUT2D eigenvalue weighted by atomic mass is 31.2. The van der Waals surface area contributed by atoms with E-state index in [0.29, 0.717) is 4.90 Å². The molecule has 0 aliphatic rings. The van der Waals surface area contributed by atoms with Crippen molar-refractivity contribution < 1.29 is 28.3 Å². The third-order valence-electron chi connectivity index (χ3n) is 1.71. The summed E-state index contributed by atoms with van der Waals surface area (Å²) in [6.45, 7) is 7.74. The summed E-state index contributed by atoms with van der Waals surface area (Å²) >= 11 is 0. The van der Waals surface area contributed by atoms with E-state index < -0.39 is 32.1 Å². The SMILES string of the molecule is CCN(C(=O)[O-])C(=O)NP(=O)(OC(C)C)OC(C)C. The largest absolute Gasteiger partial charge is 0.529 e. The molecule has 8 nitrogen and oxygen atoms in total. The lowest BCUT2D eigenvalue weighted by Crippen LogP contribution is -2.49. The maximum atomic E-state index is 12.3. The predicted octanol–water partition coefficient (Wildman–Crippen LogP) is 1.32. The summed E-state index contributed by atoms with van der Waals surface area (Å²) in [5.74, 6) is 0. The molecule has 0 radical (unpaired) electrons. The van der Waals surface area contributed by atoms with Gasteiger partial charge in [0.15, 0.2) is 0 Å². The first-order valence-corrected chi connectivity index (χ1v) is 7.43. The minimum absolute atomic E-state index is 0.141. The van der Waals surface area contributed by atoms with E-state index in [1.54, 1.807) is 27.7 Å². The molecule has 0 aromatic carbocycles. The van der Waals surface area contributed by atoms with Crippen molar-refractivity contribution in [2.45, 2.75) is 46.8 Å². The molecule has 0 fully saturated rings. The number of hydrogen-bond donors (Lipinski definition) is 1. The van der Waals surface area contributed by atoms with Gasteiger partial charge in [0.2, 0.25) is 0 Å². The van der Waals surface area contributed by atoms with Gasteiger partial charge in [0.25, 0.3) is 0 Å².